The van der Waals surface area contributed by atoms with Gasteiger partial charge in [0.2, 0.25) is 0 Å². The molecule has 1 unspecified atom stereocenters. The van der Waals surface area contributed by atoms with E-state index in [0.29, 0.717) is 16.3 Å². The van der Waals surface area contributed by atoms with Crippen molar-refractivity contribution >= 4 is 16.1 Å². The molecule has 104 valence electrons. The number of rotatable bonds is 2. The number of hydrogen-bond donors (Lipinski definition) is 4. The lowest BCUT2D eigenvalue weighted by Gasteiger charge is -2.41. The van der Waals surface area contributed by atoms with Gasteiger partial charge in [-0.25, -0.2) is 10.6 Å². The van der Waals surface area contributed by atoms with E-state index in [1.165, 1.54) is 11.5 Å². The van der Waals surface area contributed by atoms with Crippen LogP contribution in [0.15, 0.2) is 24.3 Å². The highest BCUT2D eigenvalue weighted by Crippen LogP contribution is 2.32. The molecule has 1 aromatic carbocycles. The highest BCUT2D eigenvalue weighted by Gasteiger charge is 2.50. The van der Waals surface area contributed by atoms with E-state index < -0.39 is 21.8 Å². The van der Waals surface area contributed by atoms with Crippen LogP contribution in [0, 0.1) is 0 Å². The zero-order valence-electron chi connectivity index (χ0n) is 9.91. The lowest BCUT2D eigenvalue weighted by Crippen LogP contribution is -2.67. The number of nitrogens with one attached hydrogen (secondary N) is 1. The van der Waals surface area contributed by atoms with Gasteiger partial charge in [0.05, 0.1) is 0 Å². The fraction of sp³-hybridized carbons (Fsp3) is 0.300. The summed E-state index contributed by atoms with van der Waals surface area (Å²) in [4.78, 5) is 11.9. The predicted octanol–water partition coefficient (Wildman–Crippen LogP) is -1.63. The van der Waals surface area contributed by atoms with Crippen molar-refractivity contribution in [3.63, 3.8) is 0 Å². The molecule has 1 aliphatic rings. The molecule has 1 heterocycles. The number of carbonyl (C=O) groups is 1. The van der Waals surface area contributed by atoms with Crippen molar-refractivity contribution in [2.75, 3.05) is 6.54 Å². The summed E-state index contributed by atoms with van der Waals surface area (Å²) in [5.41, 5.74) is 6.31. The highest BCUT2D eigenvalue weighted by molar-refractivity contribution is 7.86. The van der Waals surface area contributed by atoms with Gasteiger partial charge < -0.3 is 5.73 Å². The third-order valence-corrected chi connectivity index (χ3v) is 4.25. The lowest BCUT2D eigenvalue weighted by molar-refractivity contribution is -0.140. The van der Waals surface area contributed by atoms with E-state index in [4.69, 9.17) is 16.1 Å². The van der Waals surface area contributed by atoms with Gasteiger partial charge in [0.1, 0.15) is 0 Å². The molecule has 0 fully saturated rings. The van der Waals surface area contributed by atoms with Crippen molar-refractivity contribution in [1.82, 2.24) is 9.79 Å². The smallest absolute Gasteiger partial charge is 0.284 e. The van der Waals surface area contributed by atoms with Crippen molar-refractivity contribution in [3.05, 3.63) is 35.4 Å². The van der Waals surface area contributed by atoms with Gasteiger partial charge >= 0.3 is 0 Å². The SMILES string of the molecule is NC1(C(=O)NO)c2ccccc2CCN1S(N)(=O)=O. The fourth-order valence-electron chi connectivity index (χ4n) is 2.29. The number of hydrogen-bond acceptors (Lipinski definition) is 5. The number of carbonyl (C=O) groups excluding carboxylic acids is 1. The van der Waals surface area contributed by atoms with Gasteiger partial charge in [0.25, 0.3) is 16.1 Å². The maximum atomic E-state index is 11.9. The first-order chi connectivity index (χ1) is 8.81. The van der Waals surface area contributed by atoms with Gasteiger partial charge in [-0.1, -0.05) is 24.3 Å². The second-order valence-electron chi connectivity index (χ2n) is 4.23. The van der Waals surface area contributed by atoms with Crippen LogP contribution in [0.5, 0.6) is 0 Å². The highest BCUT2D eigenvalue weighted by atomic mass is 32.2. The van der Waals surface area contributed by atoms with Gasteiger partial charge in [-0.15, -0.1) is 0 Å². The monoisotopic (exact) mass is 286 g/mol. The summed E-state index contributed by atoms with van der Waals surface area (Å²) >= 11 is 0. The summed E-state index contributed by atoms with van der Waals surface area (Å²) in [5.74, 6) is -1.06. The number of fused-ring (bicyclic) bond motifs is 1. The van der Waals surface area contributed by atoms with Gasteiger partial charge in [-0.3, -0.25) is 10.0 Å². The van der Waals surface area contributed by atoms with Crippen LogP contribution >= 0.6 is 0 Å². The van der Waals surface area contributed by atoms with E-state index in [1.54, 1.807) is 18.2 Å². The molecule has 1 amide bonds. The maximum absolute atomic E-state index is 11.9. The Balaban J connectivity index is 2.68. The summed E-state index contributed by atoms with van der Waals surface area (Å²) in [6.07, 6.45) is 0.379. The molecule has 0 radical (unpaired) electrons. The van der Waals surface area contributed by atoms with Gasteiger partial charge in [0, 0.05) is 12.1 Å². The van der Waals surface area contributed by atoms with E-state index in [0.717, 1.165) is 5.56 Å². The largest absolute Gasteiger partial charge is 0.300 e. The van der Waals surface area contributed by atoms with E-state index in [9.17, 15) is 13.2 Å². The molecule has 8 nitrogen and oxygen atoms in total. The van der Waals surface area contributed by atoms with Crippen molar-refractivity contribution in [2.45, 2.75) is 12.1 Å². The molecule has 9 heteroatoms. The van der Waals surface area contributed by atoms with Gasteiger partial charge in [-0.2, -0.15) is 12.7 Å². The van der Waals surface area contributed by atoms with Crippen LogP contribution in [0.25, 0.3) is 0 Å². The topological polar surface area (TPSA) is 139 Å². The quantitative estimate of drug-likeness (QED) is 0.381. The summed E-state index contributed by atoms with van der Waals surface area (Å²) < 4.78 is 23.9. The normalized spacial score (nSPS) is 23.7. The molecule has 2 rings (SSSR count). The fourth-order valence-corrected chi connectivity index (χ4v) is 3.22. The number of nitrogens with two attached hydrogens (primary N) is 2. The first-order valence-electron chi connectivity index (χ1n) is 5.44. The number of benzene rings is 1. The molecule has 0 aliphatic carbocycles. The molecule has 1 aromatic rings. The minimum absolute atomic E-state index is 0.0419. The number of amides is 1. The predicted molar refractivity (Wildman–Crippen MR) is 65.8 cm³/mol. The molecule has 0 spiro atoms. The van der Waals surface area contributed by atoms with Crippen LogP contribution in [0.4, 0.5) is 0 Å². The average molecular weight is 286 g/mol. The van der Waals surface area contributed by atoms with Gasteiger partial charge in [-0.05, 0) is 12.0 Å². The minimum Gasteiger partial charge on any atom is -0.300 e. The zero-order chi connectivity index (χ0) is 14.3. The molecule has 1 aliphatic heterocycles. The Labute approximate surface area is 110 Å². The molecule has 0 saturated carbocycles. The Bertz CT molecular complexity index is 618. The zero-order valence-corrected chi connectivity index (χ0v) is 10.7. The Hall–Kier alpha value is -1.52. The molecular formula is C10H14N4O4S. The third kappa shape index (κ3) is 2.11. The Morgan fingerprint density at radius 1 is 1.42 bits per heavy atom. The molecule has 19 heavy (non-hydrogen) atoms. The first kappa shape index (κ1) is 13.9. The second-order valence-corrected chi connectivity index (χ2v) is 5.70. The van der Waals surface area contributed by atoms with Gasteiger partial charge in [0.15, 0.2) is 5.66 Å². The van der Waals surface area contributed by atoms with Crippen LogP contribution in [0.3, 0.4) is 0 Å². The van der Waals surface area contributed by atoms with Crippen molar-refractivity contribution in [2.24, 2.45) is 10.9 Å². The molecule has 6 N–H and O–H groups in total. The Kier molecular flexibility index (Phi) is 3.32. The van der Waals surface area contributed by atoms with Crippen LogP contribution < -0.4 is 16.4 Å². The third-order valence-electron chi connectivity index (χ3n) is 3.16. The second kappa shape index (κ2) is 4.54. The maximum Gasteiger partial charge on any atom is 0.284 e. The summed E-state index contributed by atoms with van der Waals surface area (Å²) in [5, 5.41) is 13.9. The molecule has 0 aromatic heterocycles. The first-order valence-corrected chi connectivity index (χ1v) is 6.94. The van der Waals surface area contributed by atoms with Crippen LogP contribution in [-0.2, 0) is 27.1 Å². The number of hydroxylamine groups is 1. The summed E-state index contributed by atoms with van der Waals surface area (Å²) in [6.45, 7) is -0.0419. The van der Waals surface area contributed by atoms with E-state index >= 15 is 0 Å². The van der Waals surface area contributed by atoms with Crippen LogP contribution in [0.1, 0.15) is 11.1 Å². The van der Waals surface area contributed by atoms with E-state index in [2.05, 4.69) is 0 Å². The van der Waals surface area contributed by atoms with Crippen molar-refractivity contribution in [1.29, 1.82) is 0 Å². The van der Waals surface area contributed by atoms with Crippen molar-refractivity contribution < 1.29 is 18.4 Å². The van der Waals surface area contributed by atoms with E-state index in [-0.39, 0.29) is 6.54 Å². The summed E-state index contributed by atoms with van der Waals surface area (Å²) in [6, 6.07) is 6.64. The standard InChI is InChI=1S/C10H14N4O4S/c11-10(9(15)13-16)8-4-2-1-3-7(8)5-6-14(10)19(12,17)18/h1-4,16H,5-6,11H2,(H,13,15)(H2,12,17,18). The average Bonchev–Trinajstić information content (AvgIpc) is 2.36. The van der Waals surface area contributed by atoms with E-state index in [1.807, 2.05) is 0 Å². The molecule has 0 bridgehead atoms. The lowest BCUT2D eigenvalue weighted by atomic mass is 9.89. The molecular weight excluding hydrogens is 272 g/mol. The Morgan fingerprint density at radius 3 is 2.63 bits per heavy atom. The Morgan fingerprint density at radius 2 is 2.05 bits per heavy atom. The van der Waals surface area contributed by atoms with Crippen LogP contribution in [0.2, 0.25) is 0 Å². The van der Waals surface area contributed by atoms with Crippen LogP contribution in [-0.4, -0.2) is 30.4 Å². The molecule has 0 saturated heterocycles. The number of nitrogens with zero attached hydrogens (tertiary/aromatic N) is 1. The molecule has 1 atom stereocenters. The summed E-state index contributed by atoms with van der Waals surface area (Å²) in [7, 11) is -4.19. The van der Waals surface area contributed by atoms with Crippen molar-refractivity contribution in [3.8, 4) is 0 Å². The minimum atomic E-state index is -4.19.